The summed E-state index contributed by atoms with van der Waals surface area (Å²) in [6.45, 7) is 3.05. The Morgan fingerprint density at radius 2 is 2.50 bits per heavy atom. The molecule has 10 heavy (non-hydrogen) atoms. The Balaban J connectivity index is 0. The topological polar surface area (TPSA) is 38.7 Å². The summed E-state index contributed by atoms with van der Waals surface area (Å²) in [4.78, 5) is 13.6. The van der Waals surface area contributed by atoms with Gasteiger partial charge in [0.2, 0.25) is 0 Å². The van der Waals surface area contributed by atoms with E-state index in [0.717, 1.165) is 6.54 Å². The van der Waals surface area contributed by atoms with Crippen LogP contribution < -0.4 is 18.9 Å². The average molecular weight is 152 g/mol. The molecule has 0 saturated carbocycles. The van der Waals surface area contributed by atoms with Gasteiger partial charge < -0.3 is 9.73 Å². The smallest absolute Gasteiger partial charge is 0.475 e. The molecular formula is C5H6LiNO2S. The van der Waals surface area contributed by atoms with Crippen LogP contribution in [0, 0.1) is 6.54 Å². The van der Waals surface area contributed by atoms with Gasteiger partial charge in [0, 0.05) is 0 Å². The van der Waals surface area contributed by atoms with Crippen LogP contribution in [0.1, 0.15) is 6.92 Å². The molecule has 0 amide bonds. The molecule has 0 saturated heterocycles. The number of nitrogens with zero attached hydrogens (tertiary/aromatic N) is 1. The predicted octanol–water partition coefficient (Wildman–Crippen LogP) is -2.18. The number of hydrogen-bond acceptors (Lipinski definition) is 4. The summed E-state index contributed by atoms with van der Waals surface area (Å²) in [5.74, 6) is -0.491. The Labute approximate surface area is 77.0 Å². The van der Waals surface area contributed by atoms with Crippen molar-refractivity contribution in [2.24, 2.45) is 4.99 Å². The van der Waals surface area contributed by atoms with Crippen LogP contribution in [0.5, 0.6) is 0 Å². The van der Waals surface area contributed by atoms with E-state index < -0.39 is 5.97 Å². The van der Waals surface area contributed by atoms with Gasteiger partial charge in [0.25, 0.3) is 5.97 Å². The summed E-state index contributed by atoms with van der Waals surface area (Å²) >= 11 is 4.20. The quantitative estimate of drug-likeness (QED) is 0.115. The molecule has 0 fully saturated rings. The third-order valence-electron chi connectivity index (χ3n) is 0.509. The van der Waals surface area contributed by atoms with Crippen LogP contribution in [0.15, 0.2) is 4.99 Å². The number of carbonyl (C=O) groups excluding carboxylic acids is 1. The molecule has 0 rings (SSSR count). The van der Waals surface area contributed by atoms with E-state index in [0.29, 0.717) is 6.61 Å². The Bertz CT molecular complexity index is 145. The third kappa shape index (κ3) is 7.74. The van der Waals surface area contributed by atoms with Crippen molar-refractivity contribution in [2.45, 2.75) is 6.92 Å². The molecule has 5 heteroatoms. The molecule has 0 heterocycles. The SMILES string of the molecule is CCOC(=O)[CH-][15N]=C=S.[Li+]. The molecule has 0 aliphatic carbocycles. The van der Waals surface area contributed by atoms with Gasteiger partial charge in [-0.1, -0.05) is 0 Å². The summed E-state index contributed by atoms with van der Waals surface area (Å²) < 4.78 is 4.47. The van der Waals surface area contributed by atoms with Crippen LogP contribution in [0.25, 0.3) is 0 Å². The zero-order valence-corrected chi connectivity index (χ0v) is 6.77. The molecule has 3 nitrogen and oxygen atoms in total. The van der Waals surface area contributed by atoms with Gasteiger partial charge in [0.1, 0.15) is 0 Å². The molecule has 0 atom stereocenters. The zero-order chi connectivity index (χ0) is 7.11. The molecule has 50 valence electrons. The van der Waals surface area contributed by atoms with Crippen molar-refractivity contribution in [1.82, 2.24) is 0 Å². The minimum atomic E-state index is -0.491. The van der Waals surface area contributed by atoms with Crippen LogP contribution in [-0.2, 0) is 9.53 Å². The largest absolute Gasteiger partial charge is 1.00 e. The van der Waals surface area contributed by atoms with Crippen LogP contribution in [0.3, 0.4) is 0 Å². The van der Waals surface area contributed by atoms with E-state index in [9.17, 15) is 4.79 Å². The van der Waals surface area contributed by atoms with Crippen molar-refractivity contribution in [3.8, 4) is 0 Å². The van der Waals surface area contributed by atoms with E-state index in [-0.39, 0.29) is 18.9 Å². The van der Waals surface area contributed by atoms with E-state index >= 15 is 0 Å². The molecule has 0 aliphatic rings. The monoisotopic (exact) mass is 152 g/mol. The van der Waals surface area contributed by atoms with Crippen LogP contribution in [0.2, 0.25) is 0 Å². The van der Waals surface area contributed by atoms with E-state index in [4.69, 9.17) is 0 Å². The second-order valence-corrected chi connectivity index (χ2v) is 1.28. The standard InChI is InChI=1S/C5H6NO2S.Li/c1-2-8-5(7)3-6-4-9;/h3H,2H2,1H3;/q-1;+1/i6+1;. The number of hydrogen-bond donors (Lipinski definition) is 0. The Morgan fingerprint density at radius 3 is 2.90 bits per heavy atom. The van der Waals surface area contributed by atoms with Gasteiger partial charge in [0.15, 0.2) is 0 Å². The summed E-state index contributed by atoms with van der Waals surface area (Å²) in [7, 11) is 0. The van der Waals surface area contributed by atoms with E-state index in [1.807, 2.05) is 5.16 Å². The Kier molecular flexibility index (Phi) is 10.8. The molecule has 0 spiro atoms. The Morgan fingerprint density at radius 1 is 1.90 bits per heavy atom. The number of rotatable bonds is 3. The van der Waals surface area contributed by atoms with E-state index in [1.165, 1.54) is 0 Å². The molecule has 0 N–H and O–H groups in total. The molecule has 0 bridgehead atoms. The maximum absolute atomic E-state index is 10.3. The number of carbonyl (C=O) groups is 1. The van der Waals surface area contributed by atoms with Crippen LogP contribution in [0.4, 0.5) is 0 Å². The van der Waals surface area contributed by atoms with Crippen molar-refractivity contribution in [3.05, 3.63) is 6.54 Å². The first-order valence-corrected chi connectivity index (χ1v) is 2.79. The van der Waals surface area contributed by atoms with Crippen molar-refractivity contribution in [3.63, 3.8) is 0 Å². The number of isothiocyanates is 1. The fraction of sp³-hybridized carbons (Fsp3) is 0.400. The predicted molar refractivity (Wildman–Crippen MR) is 36.0 cm³/mol. The minimum Gasteiger partial charge on any atom is -0.475 e. The summed E-state index contributed by atoms with van der Waals surface area (Å²) in [5, 5.41) is 2.01. The number of ether oxygens (including phenoxy) is 1. The van der Waals surface area contributed by atoms with Gasteiger partial charge in [-0.2, -0.15) is 5.16 Å². The van der Waals surface area contributed by atoms with Crippen molar-refractivity contribution in [1.29, 1.82) is 0 Å². The molecule has 0 aromatic carbocycles. The number of aliphatic imine (C=N–C) groups is 1. The zero-order valence-electron chi connectivity index (χ0n) is 5.96. The minimum absolute atomic E-state index is 0. The fourth-order valence-electron chi connectivity index (χ4n) is 0.259. The molecular weight excluding hydrogens is 146 g/mol. The first-order valence-electron chi connectivity index (χ1n) is 2.38. The number of esters is 1. The van der Waals surface area contributed by atoms with Gasteiger partial charge in [-0.05, 0) is 13.5 Å². The normalized spacial score (nSPS) is 6.50. The molecule has 0 unspecified atom stereocenters. The van der Waals surface area contributed by atoms with Crippen molar-refractivity contribution < 1.29 is 28.4 Å². The van der Waals surface area contributed by atoms with Gasteiger partial charge in [-0.3, -0.25) is 4.79 Å². The first-order chi connectivity index (χ1) is 4.31. The maximum atomic E-state index is 10.3. The molecule has 0 aromatic heterocycles. The van der Waals surface area contributed by atoms with Gasteiger partial charge in [-0.25, -0.2) is 0 Å². The average Bonchev–Trinajstić information content (AvgIpc) is 1.85. The second kappa shape index (κ2) is 8.74. The fourth-order valence-corrected chi connectivity index (χ4v) is 0.311. The molecule has 0 aromatic rings. The molecule has 0 radical (unpaired) electrons. The summed E-state index contributed by atoms with van der Waals surface area (Å²) in [6, 6.07) is 0. The molecule has 0 aliphatic heterocycles. The van der Waals surface area contributed by atoms with Gasteiger partial charge in [-0.15, -0.1) is 12.2 Å². The van der Waals surface area contributed by atoms with Gasteiger partial charge in [0.05, 0.1) is 6.61 Å². The van der Waals surface area contributed by atoms with Crippen LogP contribution >= 0.6 is 12.2 Å². The van der Waals surface area contributed by atoms with E-state index in [1.54, 1.807) is 6.92 Å². The second-order valence-electron chi connectivity index (χ2n) is 1.10. The maximum Gasteiger partial charge on any atom is 1.00 e. The van der Waals surface area contributed by atoms with Crippen LogP contribution in [-0.4, -0.2) is 17.7 Å². The van der Waals surface area contributed by atoms with Gasteiger partial charge >= 0.3 is 18.9 Å². The Hall–Kier alpha value is -0.263. The van der Waals surface area contributed by atoms with E-state index in [2.05, 4.69) is 21.9 Å². The first kappa shape index (κ1) is 12.4. The van der Waals surface area contributed by atoms with Crippen molar-refractivity contribution in [2.75, 3.05) is 6.61 Å². The summed E-state index contributed by atoms with van der Waals surface area (Å²) in [6.07, 6.45) is 0. The van der Waals surface area contributed by atoms with Crippen molar-refractivity contribution >= 4 is 23.3 Å². The summed E-state index contributed by atoms with van der Waals surface area (Å²) in [5.41, 5.74) is 0. The number of thiocarbonyl (C=S) groups is 1. The third-order valence-corrected chi connectivity index (χ3v) is 0.615.